The zero-order chi connectivity index (χ0) is 9.54. The Morgan fingerprint density at radius 3 is 3.07 bits per heavy atom. The van der Waals surface area contributed by atoms with Crippen molar-refractivity contribution in [3.8, 4) is 0 Å². The van der Waals surface area contributed by atoms with Gasteiger partial charge < -0.3 is 0 Å². The van der Waals surface area contributed by atoms with E-state index >= 15 is 0 Å². The van der Waals surface area contributed by atoms with Crippen LogP contribution in [0.4, 0.5) is 0 Å². The molecule has 0 unspecified atom stereocenters. The Kier molecular flexibility index (Phi) is 1.28. The van der Waals surface area contributed by atoms with E-state index in [0.29, 0.717) is 11.2 Å². The monoisotopic (exact) mass is 185 g/mol. The highest BCUT2D eigenvalue weighted by Crippen LogP contribution is 2.09. The van der Waals surface area contributed by atoms with Gasteiger partial charge in [-0.3, -0.25) is 14.2 Å². The third kappa shape index (κ3) is 0.821. The molecular formula is C10H7N3O. The van der Waals surface area contributed by atoms with Crippen molar-refractivity contribution in [1.29, 1.82) is 0 Å². The van der Waals surface area contributed by atoms with Gasteiger partial charge in [-0.2, -0.15) is 0 Å². The zero-order valence-corrected chi connectivity index (χ0v) is 7.27. The lowest BCUT2D eigenvalue weighted by atomic mass is 10.2. The number of benzene rings is 1. The van der Waals surface area contributed by atoms with Gasteiger partial charge >= 0.3 is 0 Å². The van der Waals surface area contributed by atoms with Crippen LogP contribution in [0.1, 0.15) is 0 Å². The molecule has 68 valence electrons. The van der Waals surface area contributed by atoms with Crippen molar-refractivity contribution >= 4 is 16.7 Å². The van der Waals surface area contributed by atoms with Crippen molar-refractivity contribution < 1.29 is 0 Å². The Hall–Kier alpha value is -2.10. The summed E-state index contributed by atoms with van der Waals surface area (Å²) in [7, 11) is 0. The molecule has 3 rings (SSSR count). The molecule has 0 aliphatic carbocycles. The predicted octanol–water partition coefficient (Wildman–Crippen LogP) is 1.18. The molecule has 0 aliphatic heterocycles. The molecule has 0 spiro atoms. The fourth-order valence-corrected chi connectivity index (χ4v) is 1.63. The van der Waals surface area contributed by atoms with E-state index in [-0.39, 0.29) is 5.56 Å². The molecule has 0 saturated heterocycles. The fraction of sp³-hybridized carbons (Fsp3) is 0. The maximum atomic E-state index is 11.6. The molecule has 0 atom stereocenters. The summed E-state index contributed by atoms with van der Waals surface area (Å²) in [5, 5.41) is 0.679. The highest BCUT2D eigenvalue weighted by Gasteiger charge is 2.02. The minimum absolute atomic E-state index is 0.0979. The predicted molar refractivity (Wildman–Crippen MR) is 53.3 cm³/mol. The van der Waals surface area contributed by atoms with Gasteiger partial charge in [0, 0.05) is 12.4 Å². The van der Waals surface area contributed by atoms with Crippen molar-refractivity contribution in [3.05, 3.63) is 47.0 Å². The number of hydrogen-bond acceptors (Lipinski definition) is 2. The van der Waals surface area contributed by atoms with Gasteiger partial charge in [0.05, 0.1) is 10.9 Å². The number of H-pyrrole nitrogens is 1. The first-order chi connectivity index (χ1) is 6.86. The Labute approximate surface area is 78.8 Å². The van der Waals surface area contributed by atoms with Crippen LogP contribution >= 0.6 is 0 Å². The molecule has 4 heteroatoms. The largest absolute Gasteiger partial charge is 0.291 e. The number of nitrogens with zero attached hydrogens (tertiary/aromatic N) is 2. The summed E-state index contributed by atoms with van der Waals surface area (Å²) < 4.78 is 1.86. The van der Waals surface area contributed by atoms with Gasteiger partial charge in [0.15, 0.2) is 0 Å². The highest BCUT2D eigenvalue weighted by molar-refractivity contribution is 5.79. The standard InChI is InChI=1S/C10H7N3O/c14-9-7-3-1-2-4-8(7)13-6-5-11-10(13)12-9/h1-6H,(H,11,12,14). The quantitative estimate of drug-likeness (QED) is 0.571. The number of aromatic amines is 1. The summed E-state index contributed by atoms with van der Waals surface area (Å²) in [4.78, 5) is 18.3. The molecule has 0 bridgehead atoms. The lowest BCUT2D eigenvalue weighted by Gasteiger charge is -1.99. The van der Waals surface area contributed by atoms with E-state index in [1.54, 1.807) is 12.3 Å². The van der Waals surface area contributed by atoms with Gasteiger partial charge in [-0.15, -0.1) is 0 Å². The molecule has 2 heterocycles. The molecule has 3 aromatic rings. The van der Waals surface area contributed by atoms with E-state index in [9.17, 15) is 4.79 Å². The first-order valence-electron chi connectivity index (χ1n) is 4.30. The first kappa shape index (κ1) is 7.32. The lowest BCUT2D eigenvalue weighted by Crippen LogP contribution is -2.09. The van der Waals surface area contributed by atoms with Crippen molar-refractivity contribution in [3.63, 3.8) is 0 Å². The molecule has 14 heavy (non-hydrogen) atoms. The van der Waals surface area contributed by atoms with Crippen LogP contribution in [0, 0.1) is 0 Å². The summed E-state index contributed by atoms with van der Waals surface area (Å²) in [6.07, 6.45) is 3.49. The highest BCUT2D eigenvalue weighted by atomic mass is 16.1. The molecule has 0 fully saturated rings. The smallest absolute Gasteiger partial charge is 0.260 e. The normalized spacial score (nSPS) is 11.1. The fourth-order valence-electron chi connectivity index (χ4n) is 1.63. The van der Waals surface area contributed by atoms with E-state index in [1.807, 2.05) is 28.8 Å². The zero-order valence-electron chi connectivity index (χ0n) is 7.27. The van der Waals surface area contributed by atoms with Crippen molar-refractivity contribution in [2.75, 3.05) is 0 Å². The van der Waals surface area contributed by atoms with Crippen molar-refractivity contribution in [1.82, 2.24) is 14.4 Å². The van der Waals surface area contributed by atoms with Crippen LogP contribution in [0.15, 0.2) is 41.5 Å². The van der Waals surface area contributed by atoms with E-state index in [4.69, 9.17) is 0 Å². The van der Waals surface area contributed by atoms with E-state index < -0.39 is 0 Å². The number of aromatic nitrogens is 3. The van der Waals surface area contributed by atoms with Crippen LogP contribution in [-0.4, -0.2) is 14.4 Å². The average molecular weight is 185 g/mol. The molecule has 0 radical (unpaired) electrons. The number of para-hydroxylation sites is 1. The summed E-state index contributed by atoms with van der Waals surface area (Å²) >= 11 is 0. The van der Waals surface area contributed by atoms with Gasteiger partial charge in [0.1, 0.15) is 0 Å². The second-order valence-corrected chi connectivity index (χ2v) is 3.09. The second-order valence-electron chi connectivity index (χ2n) is 3.09. The molecule has 1 aromatic carbocycles. The summed E-state index contributed by atoms with van der Waals surface area (Å²) in [6.45, 7) is 0. The Bertz CT molecular complexity index is 665. The summed E-state index contributed by atoms with van der Waals surface area (Å²) in [6, 6.07) is 7.45. The summed E-state index contributed by atoms with van der Waals surface area (Å²) in [5.41, 5.74) is 0.781. The number of nitrogens with one attached hydrogen (secondary N) is 1. The Morgan fingerprint density at radius 1 is 1.29 bits per heavy atom. The molecule has 1 N–H and O–H groups in total. The van der Waals surface area contributed by atoms with Crippen molar-refractivity contribution in [2.45, 2.75) is 0 Å². The van der Waals surface area contributed by atoms with E-state index in [1.165, 1.54) is 0 Å². The van der Waals surface area contributed by atoms with Gasteiger partial charge in [-0.1, -0.05) is 12.1 Å². The van der Waals surface area contributed by atoms with Crippen LogP contribution in [0.5, 0.6) is 0 Å². The van der Waals surface area contributed by atoms with Gasteiger partial charge in [-0.25, -0.2) is 4.98 Å². The van der Waals surface area contributed by atoms with Crippen LogP contribution in [0.3, 0.4) is 0 Å². The number of fused-ring (bicyclic) bond motifs is 3. The molecule has 4 nitrogen and oxygen atoms in total. The molecule has 0 amide bonds. The van der Waals surface area contributed by atoms with Crippen LogP contribution in [0.2, 0.25) is 0 Å². The van der Waals surface area contributed by atoms with Crippen molar-refractivity contribution in [2.24, 2.45) is 0 Å². The molecule has 2 aromatic heterocycles. The maximum Gasteiger partial charge on any atom is 0.260 e. The molecule has 0 saturated carbocycles. The van der Waals surface area contributed by atoms with Crippen LogP contribution < -0.4 is 5.56 Å². The number of imidazole rings is 1. The van der Waals surface area contributed by atoms with Crippen LogP contribution in [0.25, 0.3) is 16.7 Å². The van der Waals surface area contributed by atoms with Gasteiger partial charge in [0.25, 0.3) is 5.56 Å². The summed E-state index contributed by atoms with van der Waals surface area (Å²) in [5.74, 6) is 0.578. The number of hydrogen-bond donors (Lipinski definition) is 1. The topological polar surface area (TPSA) is 50.2 Å². The van der Waals surface area contributed by atoms with Crippen LogP contribution in [-0.2, 0) is 0 Å². The lowest BCUT2D eigenvalue weighted by molar-refractivity contribution is 1.14. The SMILES string of the molecule is O=c1[nH]c2nccn2c2ccccc12. The first-order valence-corrected chi connectivity index (χ1v) is 4.30. The third-order valence-corrected chi connectivity index (χ3v) is 2.27. The third-order valence-electron chi connectivity index (χ3n) is 2.27. The minimum Gasteiger partial charge on any atom is -0.291 e. The van der Waals surface area contributed by atoms with Gasteiger partial charge in [0.2, 0.25) is 5.78 Å². The average Bonchev–Trinajstić information content (AvgIpc) is 2.66. The molecule has 0 aliphatic rings. The molecular weight excluding hydrogens is 178 g/mol. The second kappa shape index (κ2) is 2.45. The minimum atomic E-state index is -0.0979. The van der Waals surface area contributed by atoms with Gasteiger partial charge in [-0.05, 0) is 12.1 Å². The Balaban J connectivity index is 2.74. The number of rotatable bonds is 0. The van der Waals surface area contributed by atoms with E-state index in [2.05, 4.69) is 9.97 Å². The Morgan fingerprint density at radius 2 is 2.14 bits per heavy atom. The van der Waals surface area contributed by atoms with E-state index in [0.717, 1.165) is 5.52 Å². The maximum absolute atomic E-state index is 11.6.